The summed E-state index contributed by atoms with van der Waals surface area (Å²) in [5.41, 5.74) is 3.05. The van der Waals surface area contributed by atoms with Crippen LogP contribution in [0.5, 0.6) is 34.5 Å². The van der Waals surface area contributed by atoms with E-state index in [4.69, 9.17) is 28.9 Å². The van der Waals surface area contributed by atoms with Gasteiger partial charge >= 0.3 is 13.2 Å². The summed E-state index contributed by atoms with van der Waals surface area (Å²) >= 11 is 0. The van der Waals surface area contributed by atoms with Crippen molar-refractivity contribution in [3.63, 3.8) is 0 Å². The summed E-state index contributed by atoms with van der Waals surface area (Å²) in [5.74, 6) is 1.68. The van der Waals surface area contributed by atoms with Gasteiger partial charge in [-0.15, -0.1) is 0 Å². The molecule has 4 aromatic heterocycles. The molecule has 0 amide bonds. The van der Waals surface area contributed by atoms with Crippen LogP contribution in [0, 0.1) is 0 Å². The summed E-state index contributed by atoms with van der Waals surface area (Å²) in [7, 11) is 8.50. The van der Waals surface area contributed by atoms with E-state index in [1.807, 2.05) is 9.13 Å². The molecule has 0 spiro atoms. The smallest absolute Gasteiger partial charge is 0.387 e. The summed E-state index contributed by atoms with van der Waals surface area (Å²) in [6.45, 7) is -5.68. The number of rotatable bonds is 15. The Bertz CT molecular complexity index is 1980. The molecular weight excluding hydrogens is 705 g/mol. The molecule has 262 valence electrons. The Balaban J connectivity index is 1.43. The van der Waals surface area contributed by atoms with Crippen molar-refractivity contribution in [2.24, 2.45) is 0 Å². The molecule has 0 bridgehead atoms. The van der Waals surface area contributed by atoms with Crippen LogP contribution in [-0.2, 0) is 13.1 Å². The molecular formula is C32H28F4N6O6S2. The van der Waals surface area contributed by atoms with Crippen LogP contribution in [0.4, 0.5) is 17.6 Å². The first-order valence-electron chi connectivity index (χ1n) is 14.6. The third kappa shape index (κ3) is 7.25. The lowest BCUT2D eigenvalue weighted by molar-refractivity contribution is -0.0504. The lowest BCUT2D eigenvalue weighted by atomic mass is 10.2. The number of benzene rings is 2. The maximum absolute atomic E-state index is 13.1. The quantitative estimate of drug-likeness (QED) is 0.0779. The Hall–Kier alpha value is -5.10. The van der Waals surface area contributed by atoms with Crippen LogP contribution in [0.1, 0.15) is 11.4 Å². The number of imidazole rings is 2. The zero-order valence-corrected chi connectivity index (χ0v) is 28.4. The van der Waals surface area contributed by atoms with Gasteiger partial charge in [0.15, 0.2) is 33.3 Å². The molecule has 50 heavy (non-hydrogen) atoms. The molecule has 0 unspecified atom stereocenters. The predicted octanol–water partition coefficient (Wildman–Crippen LogP) is 7.31. The minimum Gasteiger partial charge on any atom is -0.493 e. The topological polar surface area (TPSA) is 117 Å². The van der Waals surface area contributed by atoms with Crippen LogP contribution in [0.25, 0.3) is 22.1 Å². The van der Waals surface area contributed by atoms with E-state index in [1.165, 1.54) is 74.3 Å². The third-order valence-electron chi connectivity index (χ3n) is 7.36. The van der Waals surface area contributed by atoms with Crippen molar-refractivity contribution in [2.45, 2.75) is 36.6 Å². The van der Waals surface area contributed by atoms with Gasteiger partial charge in [-0.25, -0.2) is 9.97 Å². The monoisotopic (exact) mass is 732 g/mol. The van der Waals surface area contributed by atoms with Gasteiger partial charge in [0.2, 0.25) is 0 Å². The average Bonchev–Trinajstić information content (AvgIpc) is 3.62. The van der Waals surface area contributed by atoms with Crippen molar-refractivity contribution in [3.8, 4) is 34.5 Å². The van der Waals surface area contributed by atoms with E-state index in [9.17, 15) is 17.6 Å². The van der Waals surface area contributed by atoms with Gasteiger partial charge in [-0.3, -0.25) is 9.97 Å². The number of ether oxygens (including phenoxy) is 6. The van der Waals surface area contributed by atoms with Gasteiger partial charge in [0.05, 0.1) is 63.6 Å². The van der Waals surface area contributed by atoms with Crippen LogP contribution in [0.2, 0.25) is 0 Å². The fourth-order valence-electron chi connectivity index (χ4n) is 5.26. The molecule has 12 nitrogen and oxygen atoms in total. The number of pyridine rings is 2. The van der Waals surface area contributed by atoms with Gasteiger partial charge in [-0.1, -0.05) is 0 Å². The molecule has 0 radical (unpaired) electrons. The largest absolute Gasteiger partial charge is 0.493 e. The minimum atomic E-state index is -3.01. The second-order valence-corrected chi connectivity index (χ2v) is 12.2. The van der Waals surface area contributed by atoms with E-state index in [1.54, 1.807) is 36.7 Å². The van der Waals surface area contributed by atoms with Crippen molar-refractivity contribution in [3.05, 3.63) is 72.3 Å². The molecule has 0 atom stereocenters. The number of hydrogen-bond donors (Lipinski definition) is 0. The van der Waals surface area contributed by atoms with E-state index >= 15 is 0 Å². The van der Waals surface area contributed by atoms with Crippen molar-refractivity contribution in [1.82, 2.24) is 29.1 Å². The highest BCUT2D eigenvalue weighted by Gasteiger charge is 2.22. The molecule has 2 aromatic carbocycles. The van der Waals surface area contributed by atoms with E-state index in [-0.39, 0.29) is 24.6 Å². The molecule has 0 aliphatic carbocycles. The third-order valence-corrected chi connectivity index (χ3v) is 9.51. The first-order chi connectivity index (χ1) is 24.2. The number of alkyl halides is 4. The fraction of sp³-hybridized carbons (Fsp3) is 0.250. The zero-order chi connectivity index (χ0) is 35.4. The Morgan fingerprint density at radius 1 is 0.600 bits per heavy atom. The number of aromatic nitrogens is 6. The second kappa shape index (κ2) is 15.2. The summed E-state index contributed by atoms with van der Waals surface area (Å²) < 4.78 is 87.3. The van der Waals surface area contributed by atoms with Crippen LogP contribution >= 0.6 is 21.6 Å². The molecule has 0 aliphatic rings. The normalized spacial score (nSPS) is 11.5. The van der Waals surface area contributed by atoms with Crippen LogP contribution < -0.4 is 28.4 Å². The van der Waals surface area contributed by atoms with Crippen LogP contribution in [0.15, 0.2) is 71.2 Å². The highest BCUT2D eigenvalue weighted by molar-refractivity contribution is 8.76. The van der Waals surface area contributed by atoms with E-state index in [2.05, 4.69) is 19.4 Å². The Labute approximate surface area is 290 Å². The Morgan fingerprint density at radius 3 is 1.38 bits per heavy atom. The van der Waals surface area contributed by atoms with Gasteiger partial charge in [0, 0.05) is 36.7 Å². The summed E-state index contributed by atoms with van der Waals surface area (Å²) in [4.78, 5) is 18.5. The summed E-state index contributed by atoms with van der Waals surface area (Å²) in [6.07, 6.45) is 3.17. The van der Waals surface area contributed by atoms with Crippen LogP contribution in [-0.4, -0.2) is 70.7 Å². The standard InChI is InChI=1S/C32H28F4N6O6S2/c1-43-25-9-11-37-21(27(25)45-3)15-41-23-7-5-17(47-29(33)34)13-19(23)39-31(41)49-50-32-40-20-14-18(48-30(35)36)6-8-24(20)42(32)16-22-28(46-4)26(44-2)10-12-38-22/h5-14,29-30H,15-16H2,1-4H3. The van der Waals surface area contributed by atoms with Gasteiger partial charge in [0.1, 0.15) is 22.9 Å². The van der Waals surface area contributed by atoms with Gasteiger partial charge < -0.3 is 37.6 Å². The molecule has 0 aliphatic heterocycles. The van der Waals surface area contributed by atoms with Gasteiger partial charge in [-0.05, 0) is 45.9 Å². The van der Waals surface area contributed by atoms with Crippen molar-refractivity contribution in [1.29, 1.82) is 0 Å². The number of nitrogens with zero attached hydrogens (tertiary/aromatic N) is 6. The van der Waals surface area contributed by atoms with Crippen molar-refractivity contribution in [2.75, 3.05) is 28.4 Å². The molecule has 6 rings (SSSR count). The Kier molecular flexibility index (Phi) is 10.6. The summed E-state index contributed by atoms with van der Waals surface area (Å²) in [5, 5.41) is 0.923. The first kappa shape index (κ1) is 34.8. The maximum atomic E-state index is 13.1. The first-order valence-corrected chi connectivity index (χ1v) is 16.7. The maximum Gasteiger partial charge on any atom is 0.387 e. The van der Waals surface area contributed by atoms with E-state index in [0.717, 1.165) is 0 Å². The predicted molar refractivity (Wildman–Crippen MR) is 177 cm³/mol. The van der Waals surface area contributed by atoms with Crippen molar-refractivity contribution < 1.29 is 46.0 Å². The van der Waals surface area contributed by atoms with Crippen molar-refractivity contribution >= 4 is 43.7 Å². The molecule has 4 heterocycles. The Morgan fingerprint density at radius 2 is 1.02 bits per heavy atom. The zero-order valence-electron chi connectivity index (χ0n) is 26.8. The average molecular weight is 733 g/mol. The molecule has 0 saturated carbocycles. The second-order valence-electron chi connectivity index (χ2n) is 10.2. The summed E-state index contributed by atoms with van der Waals surface area (Å²) in [6, 6.07) is 12.3. The van der Waals surface area contributed by atoms with E-state index in [0.29, 0.717) is 66.8 Å². The van der Waals surface area contributed by atoms with Gasteiger partial charge in [-0.2, -0.15) is 17.6 Å². The highest BCUT2D eigenvalue weighted by Crippen LogP contribution is 2.42. The molecule has 0 N–H and O–H groups in total. The lowest BCUT2D eigenvalue weighted by Crippen LogP contribution is -2.07. The van der Waals surface area contributed by atoms with Crippen LogP contribution in [0.3, 0.4) is 0 Å². The number of methoxy groups -OCH3 is 4. The molecule has 0 fully saturated rings. The fourth-order valence-corrected chi connectivity index (χ4v) is 7.40. The number of fused-ring (bicyclic) bond motifs is 2. The van der Waals surface area contributed by atoms with E-state index < -0.39 is 13.2 Å². The molecule has 0 saturated heterocycles. The number of hydrogen-bond acceptors (Lipinski definition) is 12. The molecule has 18 heteroatoms. The number of halogens is 4. The molecule has 6 aromatic rings. The minimum absolute atomic E-state index is 0.0539. The highest BCUT2D eigenvalue weighted by atomic mass is 33.1. The van der Waals surface area contributed by atoms with Gasteiger partial charge in [0.25, 0.3) is 0 Å². The lowest BCUT2D eigenvalue weighted by Gasteiger charge is -2.15. The SMILES string of the molecule is COc1ccnc(Cn2c(SSc3nc4cc(OC(F)F)ccc4n3Cc3nccc(OC)c3OC)nc3cc(OC(F)F)ccc32)c1OC.